The van der Waals surface area contributed by atoms with E-state index in [4.69, 9.17) is 5.73 Å². The molecule has 1 amide bonds. The van der Waals surface area contributed by atoms with Crippen molar-refractivity contribution in [2.75, 3.05) is 6.67 Å². The number of hydrogen-bond acceptors (Lipinski definition) is 2. The SMILES string of the molecule is CCCCCCCC/C=C\CCCCCCCCCCCC(=O)NCN. The lowest BCUT2D eigenvalue weighted by Crippen LogP contribution is -2.28. The second kappa shape index (κ2) is 22.2. The molecule has 0 saturated carbocycles. The summed E-state index contributed by atoms with van der Waals surface area (Å²) < 4.78 is 0. The van der Waals surface area contributed by atoms with Gasteiger partial charge < -0.3 is 11.1 Å². The van der Waals surface area contributed by atoms with Gasteiger partial charge in [0.1, 0.15) is 0 Å². The lowest BCUT2D eigenvalue weighted by molar-refractivity contribution is -0.121. The normalized spacial score (nSPS) is 11.3. The number of allylic oxidation sites excluding steroid dienone is 2. The summed E-state index contributed by atoms with van der Waals surface area (Å²) in [5.41, 5.74) is 5.27. The molecule has 0 aromatic carbocycles. The molecule has 0 aliphatic carbocycles. The van der Waals surface area contributed by atoms with Gasteiger partial charge in [-0.05, 0) is 32.1 Å². The Morgan fingerprint density at radius 3 is 1.58 bits per heavy atom. The molecule has 154 valence electrons. The van der Waals surface area contributed by atoms with Crippen LogP contribution in [0.2, 0.25) is 0 Å². The monoisotopic (exact) mass is 366 g/mol. The Balaban J connectivity index is 3.10. The second-order valence-electron chi connectivity index (χ2n) is 7.55. The van der Waals surface area contributed by atoms with Gasteiger partial charge in [0.15, 0.2) is 0 Å². The van der Waals surface area contributed by atoms with Gasteiger partial charge in [0.25, 0.3) is 0 Å². The van der Waals surface area contributed by atoms with Crippen LogP contribution >= 0.6 is 0 Å². The Kier molecular flexibility index (Phi) is 21.5. The lowest BCUT2D eigenvalue weighted by atomic mass is 10.1. The standard InChI is InChI=1S/C23H46N2O/c1-2-3-4-5-6-7-8-9-10-11-12-13-14-15-16-17-18-19-20-21-23(26)25-22-24/h9-10H,2-8,11-22,24H2,1H3,(H,25,26)/b10-9-. The first-order valence-corrected chi connectivity index (χ1v) is 11.4. The first-order valence-electron chi connectivity index (χ1n) is 11.4. The van der Waals surface area contributed by atoms with Crippen molar-refractivity contribution in [1.82, 2.24) is 5.32 Å². The summed E-state index contributed by atoms with van der Waals surface area (Å²) in [4.78, 5) is 11.2. The Bertz CT molecular complexity index is 315. The van der Waals surface area contributed by atoms with Crippen LogP contribution in [0.1, 0.15) is 122 Å². The molecule has 0 aliphatic heterocycles. The molecule has 3 heteroatoms. The smallest absolute Gasteiger partial charge is 0.220 e. The molecule has 0 fully saturated rings. The van der Waals surface area contributed by atoms with Gasteiger partial charge in [-0.25, -0.2) is 0 Å². The van der Waals surface area contributed by atoms with Crippen LogP contribution in [0, 0.1) is 0 Å². The Morgan fingerprint density at radius 1 is 0.692 bits per heavy atom. The van der Waals surface area contributed by atoms with Gasteiger partial charge in [0.2, 0.25) is 5.91 Å². The number of carbonyl (C=O) groups excluding carboxylic acids is 1. The first kappa shape index (κ1) is 25.2. The van der Waals surface area contributed by atoms with Gasteiger partial charge in [-0.3, -0.25) is 4.79 Å². The summed E-state index contributed by atoms with van der Waals surface area (Å²) in [5, 5.41) is 2.64. The molecule has 3 nitrogen and oxygen atoms in total. The minimum Gasteiger partial charge on any atom is -0.344 e. The first-order chi connectivity index (χ1) is 12.8. The van der Waals surface area contributed by atoms with Crippen LogP contribution in [0.15, 0.2) is 12.2 Å². The molecular weight excluding hydrogens is 320 g/mol. The average Bonchev–Trinajstić information content (AvgIpc) is 2.64. The van der Waals surface area contributed by atoms with Gasteiger partial charge in [-0.2, -0.15) is 0 Å². The van der Waals surface area contributed by atoms with E-state index in [1.54, 1.807) is 0 Å². The Hall–Kier alpha value is -0.830. The second-order valence-corrected chi connectivity index (χ2v) is 7.55. The van der Waals surface area contributed by atoms with Crippen molar-refractivity contribution in [3.05, 3.63) is 12.2 Å². The fourth-order valence-corrected chi connectivity index (χ4v) is 3.27. The van der Waals surface area contributed by atoms with Crippen LogP contribution in [0.5, 0.6) is 0 Å². The molecule has 0 spiro atoms. The van der Waals surface area contributed by atoms with Crippen LogP contribution in [0.25, 0.3) is 0 Å². The highest BCUT2D eigenvalue weighted by molar-refractivity contribution is 5.75. The third-order valence-corrected chi connectivity index (χ3v) is 4.96. The van der Waals surface area contributed by atoms with Crippen molar-refractivity contribution in [3.63, 3.8) is 0 Å². The molecule has 0 bridgehead atoms. The zero-order valence-electron chi connectivity index (χ0n) is 17.6. The van der Waals surface area contributed by atoms with Crippen molar-refractivity contribution in [2.45, 2.75) is 122 Å². The van der Waals surface area contributed by atoms with E-state index < -0.39 is 0 Å². The number of nitrogens with two attached hydrogens (primary N) is 1. The summed E-state index contributed by atoms with van der Waals surface area (Å²) in [5.74, 6) is 0.0912. The van der Waals surface area contributed by atoms with E-state index in [-0.39, 0.29) is 12.6 Å². The number of nitrogens with one attached hydrogen (secondary N) is 1. The van der Waals surface area contributed by atoms with Crippen molar-refractivity contribution in [2.24, 2.45) is 5.73 Å². The molecule has 0 heterocycles. The van der Waals surface area contributed by atoms with Crippen LogP contribution in [-0.2, 0) is 4.79 Å². The van der Waals surface area contributed by atoms with Crippen LogP contribution in [0.3, 0.4) is 0 Å². The van der Waals surface area contributed by atoms with Crippen molar-refractivity contribution in [1.29, 1.82) is 0 Å². The quantitative estimate of drug-likeness (QED) is 0.144. The van der Waals surface area contributed by atoms with Crippen molar-refractivity contribution >= 4 is 5.91 Å². The third-order valence-electron chi connectivity index (χ3n) is 4.96. The highest BCUT2D eigenvalue weighted by Crippen LogP contribution is 2.12. The molecular formula is C23H46N2O. The molecule has 0 rings (SSSR count). The molecule has 0 aliphatic rings. The summed E-state index contributed by atoms with van der Waals surface area (Å²) >= 11 is 0. The molecule has 0 saturated heterocycles. The average molecular weight is 367 g/mol. The van der Waals surface area contributed by atoms with E-state index in [0.717, 1.165) is 6.42 Å². The fourth-order valence-electron chi connectivity index (χ4n) is 3.27. The maximum Gasteiger partial charge on any atom is 0.220 e. The van der Waals surface area contributed by atoms with Crippen LogP contribution in [0.4, 0.5) is 0 Å². The van der Waals surface area contributed by atoms with E-state index in [0.29, 0.717) is 6.42 Å². The van der Waals surface area contributed by atoms with E-state index in [2.05, 4.69) is 24.4 Å². The highest BCUT2D eigenvalue weighted by atomic mass is 16.1. The largest absolute Gasteiger partial charge is 0.344 e. The lowest BCUT2D eigenvalue weighted by Gasteiger charge is -2.03. The molecule has 0 radical (unpaired) electrons. The molecule has 0 atom stereocenters. The highest BCUT2D eigenvalue weighted by Gasteiger charge is 1.98. The zero-order chi connectivity index (χ0) is 19.1. The van der Waals surface area contributed by atoms with Gasteiger partial charge in [0.05, 0.1) is 6.67 Å². The zero-order valence-corrected chi connectivity index (χ0v) is 17.6. The predicted octanol–water partition coefficient (Wildman–Crippen LogP) is 6.62. The maximum absolute atomic E-state index is 11.2. The minimum atomic E-state index is 0.0912. The summed E-state index contributed by atoms with van der Waals surface area (Å²) in [6.07, 6.45) is 27.9. The number of unbranched alkanes of at least 4 members (excludes halogenated alkanes) is 15. The van der Waals surface area contributed by atoms with E-state index in [9.17, 15) is 4.79 Å². The van der Waals surface area contributed by atoms with Gasteiger partial charge in [-0.1, -0.05) is 96.1 Å². The van der Waals surface area contributed by atoms with E-state index >= 15 is 0 Å². The summed E-state index contributed by atoms with van der Waals surface area (Å²) in [7, 11) is 0. The Labute approximate surface area is 163 Å². The molecule has 26 heavy (non-hydrogen) atoms. The van der Waals surface area contributed by atoms with E-state index in [1.807, 2.05) is 0 Å². The van der Waals surface area contributed by atoms with Crippen LogP contribution in [-0.4, -0.2) is 12.6 Å². The van der Waals surface area contributed by atoms with E-state index in [1.165, 1.54) is 103 Å². The topological polar surface area (TPSA) is 55.1 Å². The number of amides is 1. The van der Waals surface area contributed by atoms with Crippen LogP contribution < -0.4 is 11.1 Å². The van der Waals surface area contributed by atoms with Crippen molar-refractivity contribution < 1.29 is 4.79 Å². The van der Waals surface area contributed by atoms with Gasteiger partial charge >= 0.3 is 0 Å². The fraction of sp³-hybridized carbons (Fsp3) is 0.870. The molecule has 0 aromatic heterocycles. The minimum absolute atomic E-state index is 0.0912. The number of rotatable bonds is 20. The number of hydrogen-bond donors (Lipinski definition) is 2. The van der Waals surface area contributed by atoms with Gasteiger partial charge in [0, 0.05) is 6.42 Å². The molecule has 0 unspecified atom stereocenters. The predicted molar refractivity (Wildman–Crippen MR) is 115 cm³/mol. The third kappa shape index (κ3) is 21.2. The Morgan fingerprint density at radius 2 is 1.12 bits per heavy atom. The van der Waals surface area contributed by atoms with Crippen molar-refractivity contribution in [3.8, 4) is 0 Å². The number of carbonyl (C=O) groups is 1. The molecule has 3 N–H and O–H groups in total. The summed E-state index contributed by atoms with van der Waals surface area (Å²) in [6.45, 7) is 2.53. The molecule has 0 aromatic rings. The maximum atomic E-state index is 11.2. The van der Waals surface area contributed by atoms with Gasteiger partial charge in [-0.15, -0.1) is 0 Å². The summed E-state index contributed by atoms with van der Waals surface area (Å²) in [6, 6.07) is 0.